The molecular formula is C23H22ClFN2O2S. The summed E-state index contributed by atoms with van der Waals surface area (Å²) in [6, 6.07) is 16.3. The molecule has 156 valence electrons. The molecule has 1 aliphatic rings. The Hall–Kier alpha value is -2.41. The van der Waals surface area contributed by atoms with Crippen LogP contribution >= 0.6 is 22.9 Å². The highest BCUT2D eigenvalue weighted by molar-refractivity contribution is 7.12. The summed E-state index contributed by atoms with van der Waals surface area (Å²) >= 11 is 7.58. The second-order valence-corrected chi connectivity index (χ2v) is 8.51. The largest absolute Gasteiger partial charge is 0.489 e. The molecular weight excluding hydrogens is 423 g/mol. The van der Waals surface area contributed by atoms with Crippen LogP contribution in [0.15, 0.2) is 60.0 Å². The molecule has 4 rings (SSSR count). The third kappa shape index (κ3) is 5.01. The van der Waals surface area contributed by atoms with E-state index in [9.17, 15) is 9.18 Å². The predicted molar refractivity (Wildman–Crippen MR) is 118 cm³/mol. The van der Waals surface area contributed by atoms with Gasteiger partial charge in [0.25, 0.3) is 5.91 Å². The van der Waals surface area contributed by atoms with Crippen molar-refractivity contribution in [1.29, 1.82) is 0 Å². The lowest BCUT2D eigenvalue weighted by Gasteiger charge is -2.34. The average molecular weight is 445 g/mol. The molecule has 4 nitrogen and oxygen atoms in total. The van der Waals surface area contributed by atoms with Crippen LogP contribution in [0.3, 0.4) is 0 Å². The Morgan fingerprint density at radius 1 is 1.07 bits per heavy atom. The molecule has 0 N–H and O–H groups in total. The molecule has 1 aromatic heterocycles. The third-order valence-corrected chi connectivity index (χ3v) is 6.44. The number of para-hydroxylation sites is 1. The minimum absolute atomic E-state index is 0.0366. The average Bonchev–Trinajstić information content (AvgIpc) is 3.25. The first-order valence-corrected chi connectivity index (χ1v) is 11.1. The molecule has 1 fully saturated rings. The number of ether oxygens (including phenoxy) is 1. The highest BCUT2D eigenvalue weighted by atomic mass is 35.5. The standard InChI is InChI=1S/C23H22ClFN2O2S/c24-20-7-4-8-21(25)19(20)14-26-9-11-27(12-10-26)23(28)22-13-17(16-30-22)15-29-18-5-2-1-3-6-18/h1-8,13,16H,9-12,14-15H2. The number of rotatable bonds is 6. The summed E-state index contributed by atoms with van der Waals surface area (Å²) in [5.41, 5.74) is 1.50. The van der Waals surface area contributed by atoms with E-state index in [1.165, 1.54) is 17.4 Å². The summed E-state index contributed by atoms with van der Waals surface area (Å²) in [5.74, 6) is 0.557. The number of carbonyl (C=O) groups is 1. The summed E-state index contributed by atoms with van der Waals surface area (Å²) in [5, 5.41) is 2.41. The van der Waals surface area contributed by atoms with E-state index in [2.05, 4.69) is 4.90 Å². The molecule has 0 saturated carbocycles. The van der Waals surface area contributed by atoms with Crippen LogP contribution in [0.1, 0.15) is 20.8 Å². The maximum absolute atomic E-state index is 14.0. The van der Waals surface area contributed by atoms with E-state index in [1.54, 1.807) is 12.1 Å². The topological polar surface area (TPSA) is 32.8 Å². The molecule has 0 bridgehead atoms. The van der Waals surface area contributed by atoms with E-state index in [-0.39, 0.29) is 11.7 Å². The van der Waals surface area contributed by atoms with Crippen molar-refractivity contribution >= 4 is 28.8 Å². The number of nitrogens with zero attached hydrogens (tertiary/aromatic N) is 2. The van der Waals surface area contributed by atoms with Crippen LogP contribution in [0.5, 0.6) is 5.75 Å². The van der Waals surface area contributed by atoms with Gasteiger partial charge in [0.1, 0.15) is 18.2 Å². The van der Waals surface area contributed by atoms with Gasteiger partial charge in [0.05, 0.1) is 4.88 Å². The van der Waals surface area contributed by atoms with Gasteiger partial charge >= 0.3 is 0 Å². The molecule has 0 spiro atoms. The van der Waals surface area contributed by atoms with Crippen molar-refractivity contribution in [2.75, 3.05) is 26.2 Å². The third-order valence-electron chi connectivity index (χ3n) is 5.12. The summed E-state index contributed by atoms with van der Waals surface area (Å²) in [6.45, 7) is 3.48. The summed E-state index contributed by atoms with van der Waals surface area (Å²) in [6.07, 6.45) is 0. The zero-order valence-electron chi connectivity index (χ0n) is 16.4. The van der Waals surface area contributed by atoms with Crippen LogP contribution in [-0.4, -0.2) is 41.9 Å². The maximum atomic E-state index is 14.0. The number of hydrogen-bond donors (Lipinski definition) is 0. The van der Waals surface area contributed by atoms with Gasteiger partial charge in [-0.05, 0) is 35.7 Å². The van der Waals surface area contributed by atoms with Crippen molar-refractivity contribution in [2.24, 2.45) is 0 Å². The van der Waals surface area contributed by atoms with Crippen molar-refractivity contribution in [3.05, 3.63) is 86.8 Å². The van der Waals surface area contributed by atoms with Gasteiger partial charge in [0.15, 0.2) is 0 Å². The van der Waals surface area contributed by atoms with Crippen LogP contribution in [-0.2, 0) is 13.2 Å². The number of benzene rings is 2. The van der Waals surface area contributed by atoms with Crippen LogP contribution < -0.4 is 4.74 Å². The monoisotopic (exact) mass is 444 g/mol. The first-order valence-electron chi connectivity index (χ1n) is 9.80. The van der Waals surface area contributed by atoms with Gasteiger partial charge in [-0.3, -0.25) is 9.69 Å². The van der Waals surface area contributed by atoms with Gasteiger partial charge < -0.3 is 9.64 Å². The van der Waals surface area contributed by atoms with Crippen LogP contribution in [0.25, 0.3) is 0 Å². The summed E-state index contributed by atoms with van der Waals surface area (Å²) in [7, 11) is 0. The highest BCUT2D eigenvalue weighted by Crippen LogP contribution is 2.23. The van der Waals surface area contributed by atoms with Gasteiger partial charge in [-0.15, -0.1) is 11.3 Å². The summed E-state index contributed by atoms with van der Waals surface area (Å²) in [4.78, 5) is 17.6. The molecule has 0 radical (unpaired) electrons. The van der Waals surface area contributed by atoms with E-state index in [0.29, 0.717) is 54.8 Å². The molecule has 2 heterocycles. The summed E-state index contributed by atoms with van der Waals surface area (Å²) < 4.78 is 19.8. The maximum Gasteiger partial charge on any atom is 0.264 e. The number of halogens is 2. The number of amides is 1. The van der Waals surface area contributed by atoms with Crippen molar-refractivity contribution in [2.45, 2.75) is 13.2 Å². The molecule has 30 heavy (non-hydrogen) atoms. The van der Waals surface area contributed by atoms with E-state index in [0.717, 1.165) is 11.3 Å². The molecule has 7 heteroatoms. The fourth-order valence-corrected chi connectivity index (χ4v) is 4.51. The quantitative estimate of drug-likeness (QED) is 0.531. The Morgan fingerprint density at radius 2 is 1.83 bits per heavy atom. The van der Waals surface area contributed by atoms with E-state index in [4.69, 9.17) is 16.3 Å². The second-order valence-electron chi connectivity index (χ2n) is 7.19. The fourth-order valence-electron chi connectivity index (χ4n) is 3.42. The molecule has 1 saturated heterocycles. The lowest BCUT2D eigenvalue weighted by molar-refractivity contribution is 0.0631. The fraction of sp³-hybridized carbons (Fsp3) is 0.261. The molecule has 3 aromatic rings. The first kappa shape index (κ1) is 20.8. The number of piperazine rings is 1. The van der Waals surface area contributed by atoms with Crippen LogP contribution in [0.4, 0.5) is 4.39 Å². The molecule has 1 amide bonds. The van der Waals surface area contributed by atoms with Crippen LogP contribution in [0, 0.1) is 5.82 Å². The minimum Gasteiger partial charge on any atom is -0.489 e. The molecule has 1 aliphatic heterocycles. The molecule has 0 atom stereocenters. The van der Waals surface area contributed by atoms with Crippen molar-refractivity contribution < 1.29 is 13.9 Å². The first-order chi connectivity index (χ1) is 14.6. The predicted octanol–water partition coefficient (Wildman–Crippen LogP) is 5.08. The van der Waals surface area contributed by atoms with Crippen LogP contribution in [0.2, 0.25) is 5.02 Å². The van der Waals surface area contributed by atoms with Crippen molar-refractivity contribution in [3.63, 3.8) is 0 Å². The van der Waals surface area contributed by atoms with Gasteiger partial charge in [0.2, 0.25) is 0 Å². The highest BCUT2D eigenvalue weighted by Gasteiger charge is 2.24. The van der Waals surface area contributed by atoms with Crippen molar-refractivity contribution in [3.8, 4) is 5.75 Å². The zero-order valence-corrected chi connectivity index (χ0v) is 18.0. The number of thiophene rings is 1. The van der Waals surface area contributed by atoms with Gasteiger partial charge in [-0.1, -0.05) is 35.9 Å². The smallest absolute Gasteiger partial charge is 0.264 e. The Labute approximate surface area is 184 Å². The zero-order chi connectivity index (χ0) is 20.9. The Morgan fingerprint density at radius 3 is 2.57 bits per heavy atom. The lowest BCUT2D eigenvalue weighted by Crippen LogP contribution is -2.48. The minimum atomic E-state index is -0.287. The Balaban J connectivity index is 1.30. The Bertz CT molecular complexity index is 983. The van der Waals surface area contributed by atoms with Gasteiger partial charge in [-0.2, -0.15) is 0 Å². The van der Waals surface area contributed by atoms with Gasteiger partial charge in [0, 0.05) is 48.9 Å². The molecule has 0 aliphatic carbocycles. The molecule has 0 unspecified atom stereocenters. The van der Waals surface area contributed by atoms with E-state index < -0.39 is 0 Å². The molecule has 2 aromatic carbocycles. The Kier molecular flexibility index (Phi) is 6.67. The number of hydrogen-bond acceptors (Lipinski definition) is 4. The van der Waals surface area contributed by atoms with E-state index in [1.807, 2.05) is 46.7 Å². The van der Waals surface area contributed by atoms with E-state index >= 15 is 0 Å². The SMILES string of the molecule is O=C(c1cc(COc2ccccc2)cs1)N1CCN(Cc2c(F)cccc2Cl)CC1. The van der Waals surface area contributed by atoms with Gasteiger partial charge in [-0.25, -0.2) is 4.39 Å². The number of carbonyl (C=O) groups excluding carboxylic acids is 1. The van der Waals surface area contributed by atoms with Crippen molar-refractivity contribution in [1.82, 2.24) is 9.80 Å². The lowest BCUT2D eigenvalue weighted by atomic mass is 10.1. The normalized spacial score (nSPS) is 14.7. The second kappa shape index (κ2) is 9.60.